The summed E-state index contributed by atoms with van der Waals surface area (Å²) in [5.74, 6) is -1.88. The van der Waals surface area contributed by atoms with E-state index < -0.39 is 23.5 Å². The van der Waals surface area contributed by atoms with Crippen LogP contribution < -0.4 is 9.67 Å². The SMILES string of the molecule is CCc1ccc[n+](C2=C(c3c(C)nn(-c4ccc(F)cc4)c3[O-])C(=O)N(CC(C)C)C2=O)c1. The lowest BCUT2D eigenvalue weighted by atomic mass is 10.0. The summed E-state index contributed by atoms with van der Waals surface area (Å²) >= 11 is 0. The maximum absolute atomic E-state index is 13.5. The Balaban J connectivity index is 1.95. The maximum Gasteiger partial charge on any atom is 0.326 e. The zero-order valence-electron chi connectivity index (χ0n) is 19.0. The van der Waals surface area contributed by atoms with Gasteiger partial charge >= 0.3 is 5.91 Å². The van der Waals surface area contributed by atoms with Crippen molar-refractivity contribution in [2.75, 3.05) is 6.54 Å². The summed E-state index contributed by atoms with van der Waals surface area (Å²) in [6.45, 7) is 7.68. The van der Waals surface area contributed by atoms with E-state index in [0.29, 0.717) is 11.4 Å². The first-order chi connectivity index (χ1) is 15.7. The van der Waals surface area contributed by atoms with E-state index in [-0.39, 0.29) is 29.3 Å². The van der Waals surface area contributed by atoms with Crippen LogP contribution >= 0.6 is 0 Å². The first kappa shape index (κ1) is 22.4. The Morgan fingerprint density at radius 3 is 2.45 bits per heavy atom. The predicted octanol–water partition coefficient (Wildman–Crippen LogP) is 2.64. The summed E-state index contributed by atoms with van der Waals surface area (Å²) in [4.78, 5) is 28.1. The van der Waals surface area contributed by atoms with Crippen LogP contribution in [0.4, 0.5) is 4.39 Å². The highest BCUT2D eigenvalue weighted by Crippen LogP contribution is 2.36. The summed E-state index contributed by atoms with van der Waals surface area (Å²) in [7, 11) is 0. The van der Waals surface area contributed by atoms with E-state index in [1.165, 1.54) is 29.2 Å². The van der Waals surface area contributed by atoms with Gasteiger partial charge in [0, 0.05) is 23.7 Å². The lowest BCUT2D eigenvalue weighted by Crippen LogP contribution is -2.41. The van der Waals surface area contributed by atoms with Gasteiger partial charge in [-0.15, -0.1) is 0 Å². The van der Waals surface area contributed by atoms with Gasteiger partial charge in [-0.05, 0) is 55.5 Å². The molecule has 33 heavy (non-hydrogen) atoms. The number of pyridine rings is 1. The molecule has 0 fully saturated rings. The van der Waals surface area contributed by atoms with Gasteiger partial charge in [0.15, 0.2) is 12.4 Å². The Morgan fingerprint density at radius 1 is 1.12 bits per heavy atom. The molecule has 170 valence electrons. The van der Waals surface area contributed by atoms with Crippen molar-refractivity contribution >= 4 is 23.1 Å². The number of hydrogen-bond donors (Lipinski definition) is 0. The van der Waals surface area contributed by atoms with Crippen molar-refractivity contribution in [1.82, 2.24) is 14.7 Å². The van der Waals surface area contributed by atoms with Crippen molar-refractivity contribution in [2.24, 2.45) is 5.92 Å². The summed E-state index contributed by atoms with van der Waals surface area (Å²) in [6, 6.07) is 9.08. The van der Waals surface area contributed by atoms with Gasteiger partial charge in [0.1, 0.15) is 11.4 Å². The summed E-state index contributed by atoms with van der Waals surface area (Å²) in [6.07, 6.45) is 4.24. The fourth-order valence-electron chi connectivity index (χ4n) is 3.98. The number of hydrogen-bond acceptors (Lipinski definition) is 4. The van der Waals surface area contributed by atoms with E-state index in [9.17, 15) is 19.1 Å². The summed E-state index contributed by atoms with van der Waals surface area (Å²) in [5, 5.41) is 17.7. The third-order valence-electron chi connectivity index (χ3n) is 5.56. The lowest BCUT2D eigenvalue weighted by Gasteiger charge is -2.17. The van der Waals surface area contributed by atoms with Crippen LogP contribution in [0, 0.1) is 18.7 Å². The number of aryl methyl sites for hydroxylation is 2. The number of halogens is 1. The van der Waals surface area contributed by atoms with Crippen LogP contribution in [0.25, 0.3) is 17.0 Å². The van der Waals surface area contributed by atoms with Gasteiger partial charge < -0.3 is 5.11 Å². The second-order valence-electron chi connectivity index (χ2n) is 8.47. The molecule has 0 aliphatic carbocycles. The van der Waals surface area contributed by atoms with Gasteiger partial charge in [0.05, 0.1) is 11.4 Å². The second-order valence-corrected chi connectivity index (χ2v) is 8.47. The van der Waals surface area contributed by atoms with Crippen LogP contribution in [0.15, 0.2) is 48.8 Å². The number of aromatic nitrogens is 3. The molecule has 8 heteroatoms. The number of rotatable bonds is 6. The van der Waals surface area contributed by atoms with Crippen molar-refractivity contribution in [3.8, 4) is 11.6 Å². The maximum atomic E-state index is 13.5. The summed E-state index contributed by atoms with van der Waals surface area (Å²) in [5.41, 5.74) is 1.91. The highest BCUT2D eigenvalue weighted by Gasteiger charge is 2.46. The molecule has 0 saturated carbocycles. The van der Waals surface area contributed by atoms with Gasteiger partial charge in [-0.3, -0.25) is 14.5 Å². The molecule has 0 spiro atoms. The van der Waals surface area contributed by atoms with Crippen LogP contribution in [-0.2, 0) is 16.0 Å². The van der Waals surface area contributed by atoms with E-state index >= 15 is 0 Å². The molecule has 3 heterocycles. The smallest absolute Gasteiger partial charge is 0.326 e. The van der Waals surface area contributed by atoms with Crippen LogP contribution in [0.2, 0.25) is 0 Å². The lowest BCUT2D eigenvalue weighted by molar-refractivity contribution is -0.577. The van der Waals surface area contributed by atoms with Crippen molar-refractivity contribution in [3.63, 3.8) is 0 Å². The molecule has 7 nitrogen and oxygen atoms in total. The molecule has 0 saturated heterocycles. The minimum atomic E-state index is -0.536. The van der Waals surface area contributed by atoms with Crippen molar-refractivity contribution in [2.45, 2.75) is 34.1 Å². The highest BCUT2D eigenvalue weighted by atomic mass is 19.1. The zero-order chi connectivity index (χ0) is 23.9. The number of nitrogens with zero attached hydrogens (tertiary/aromatic N) is 4. The first-order valence-electron chi connectivity index (χ1n) is 10.9. The van der Waals surface area contributed by atoms with E-state index in [1.54, 1.807) is 30.0 Å². The van der Waals surface area contributed by atoms with Gasteiger partial charge in [-0.25, -0.2) is 9.07 Å². The molecule has 0 atom stereocenters. The topological polar surface area (TPSA) is 82.1 Å². The molecule has 2 amide bonds. The van der Waals surface area contributed by atoms with E-state index in [0.717, 1.165) is 16.7 Å². The van der Waals surface area contributed by atoms with Crippen LogP contribution in [0.5, 0.6) is 5.88 Å². The van der Waals surface area contributed by atoms with Crippen molar-refractivity contribution in [1.29, 1.82) is 0 Å². The molecule has 3 aromatic rings. The van der Waals surface area contributed by atoms with Crippen LogP contribution in [0.1, 0.15) is 37.6 Å². The molecule has 0 bridgehead atoms. The number of benzene rings is 1. The molecule has 4 rings (SSSR count). The Bertz CT molecular complexity index is 1280. The van der Waals surface area contributed by atoms with Gasteiger partial charge in [0.25, 0.3) is 11.6 Å². The number of carbonyl (C=O) groups is 2. The van der Waals surface area contributed by atoms with Gasteiger partial charge in [-0.2, -0.15) is 9.67 Å². The number of imide groups is 1. The van der Waals surface area contributed by atoms with E-state index in [2.05, 4.69) is 5.10 Å². The molecular formula is C25H25FN4O3. The van der Waals surface area contributed by atoms with E-state index in [4.69, 9.17) is 0 Å². The molecule has 2 aromatic heterocycles. The number of amides is 2. The fraction of sp³-hybridized carbons (Fsp3) is 0.280. The molecular weight excluding hydrogens is 423 g/mol. The molecule has 1 aliphatic heterocycles. The van der Waals surface area contributed by atoms with Crippen LogP contribution in [-0.4, -0.2) is 33.0 Å². The standard InChI is InChI=1S/C25H25FN4O3/c1-5-17-7-6-12-28(14-17)22-21(23(31)29(25(22)33)13-15(2)3)20-16(4)27-30(24(20)32)19-10-8-18(26)9-11-19/h6-12,14-15H,5,13H2,1-4H3. The third kappa shape index (κ3) is 3.92. The van der Waals surface area contributed by atoms with Gasteiger partial charge in [-0.1, -0.05) is 20.8 Å². The Kier molecular flexibility index (Phi) is 5.84. The van der Waals surface area contributed by atoms with E-state index in [1.807, 2.05) is 26.8 Å². The Hall–Kier alpha value is -3.81. The van der Waals surface area contributed by atoms with Gasteiger partial charge in [0.2, 0.25) is 0 Å². The Morgan fingerprint density at radius 2 is 1.82 bits per heavy atom. The average Bonchev–Trinajstić information content (AvgIpc) is 3.20. The quantitative estimate of drug-likeness (QED) is 0.429. The second kappa shape index (κ2) is 8.61. The predicted molar refractivity (Wildman–Crippen MR) is 118 cm³/mol. The monoisotopic (exact) mass is 448 g/mol. The third-order valence-corrected chi connectivity index (χ3v) is 5.56. The average molecular weight is 448 g/mol. The first-order valence-corrected chi connectivity index (χ1v) is 10.9. The van der Waals surface area contributed by atoms with Crippen LogP contribution in [0.3, 0.4) is 0 Å². The minimum absolute atomic E-state index is 0.0368. The molecule has 1 aliphatic rings. The fourth-order valence-corrected chi connectivity index (χ4v) is 3.98. The highest BCUT2D eigenvalue weighted by molar-refractivity contribution is 6.44. The van der Waals surface area contributed by atoms with Crippen molar-refractivity contribution in [3.05, 3.63) is 71.4 Å². The zero-order valence-corrected chi connectivity index (χ0v) is 19.0. The molecule has 0 unspecified atom stereocenters. The molecule has 0 radical (unpaired) electrons. The Labute approximate surface area is 191 Å². The summed E-state index contributed by atoms with van der Waals surface area (Å²) < 4.78 is 16.1. The normalized spacial score (nSPS) is 14.2. The molecule has 1 aromatic carbocycles. The van der Waals surface area contributed by atoms with Crippen molar-refractivity contribution < 1.29 is 23.7 Å². The molecule has 0 N–H and O–H groups in total. The number of carbonyl (C=O) groups excluding carboxylic acids is 2. The minimum Gasteiger partial charge on any atom is -0.858 e. The largest absolute Gasteiger partial charge is 0.858 e.